The van der Waals surface area contributed by atoms with Crippen molar-refractivity contribution in [2.75, 3.05) is 32.4 Å². The highest BCUT2D eigenvalue weighted by Gasteiger charge is 2.15. The summed E-state index contributed by atoms with van der Waals surface area (Å²) in [5, 5.41) is 0. The van der Waals surface area contributed by atoms with Crippen molar-refractivity contribution in [3.8, 4) is 0 Å². The van der Waals surface area contributed by atoms with Crippen LogP contribution < -0.4 is 0 Å². The van der Waals surface area contributed by atoms with Gasteiger partial charge in [0.15, 0.2) is 9.84 Å². The quantitative estimate of drug-likeness (QED) is 0.517. The number of hydrogen-bond donors (Lipinski definition) is 0. The van der Waals surface area contributed by atoms with Crippen LogP contribution in [0, 0.1) is 0 Å². The monoisotopic (exact) mass is 419 g/mol. The fourth-order valence-electron chi connectivity index (χ4n) is 3.49. The van der Waals surface area contributed by atoms with Gasteiger partial charge in [0, 0.05) is 31.3 Å². The number of benzene rings is 1. The molecule has 0 radical (unpaired) electrons. The first-order valence-electron chi connectivity index (χ1n) is 10.3. The molecule has 1 aromatic carbocycles. The molecule has 0 saturated carbocycles. The summed E-state index contributed by atoms with van der Waals surface area (Å²) in [6.45, 7) is 7.36. The van der Waals surface area contributed by atoms with E-state index in [1.54, 1.807) is 23.2 Å². The lowest BCUT2D eigenvalue weighted by molar-refractivity contribution is -0.127. The number of allylic oxidation sites excluding steroid dienone is 1. The number of hydrogen-bond acceptors (Lipinski definition) is 5. The molecule has 6 nitrogen and oxygen atoms in total. The van der Waals surface area contributed by atoms with Crippen LogP contribution in [0.15, 0.2) is 46.4 Å². The molecule has 0 fully saturated rings. The first-order chi connectivity index (χ1) is 13.8. The van der Waals surface area contributed by atoms with Crippen LogP contribution in [0.3, 0.4) is 0 Å². The molecule has 0 aliphatic carbocycles. The summed E-state index contributed by atoms with van der Waals surface area (Å²) < 4.78 is 23.2. The number of amides is 1. The van der Waals surface area contributed by atoms with Crippen LogP contribution in [0.5, 0.6) is 0 Å². The SMILES string of the molecule is CCCN(CCCCN1C=CC=NCC1=O)[C@@H](C)Cc1ccc(S(C)(=O)=O)cc1. The molecule has 0 saturated heterocycles. The molecule has 1 aliphatic rings. The zero-order valence-electron chi connectivity index (χ0n) is 17.8. The van der Waals surface area contributed by atoms with Gasteiger partial charge < -0.3 is 9.80 Å². The van der Waals surface area contributed by atoms with Gasteiger partial charge in [-0.1, -0.05) is 19.1 Å². The van der Waals surface area contributed by atoms with Crippen LogP contribution in [0.25, 0.3) is 0 Å². The Bertz CT molecular complexity index is 816. The van der Waals surface area contributed by atoms with Crippen LogP contribution in [0.2, 0.25) is 0 Å². The second-order valence-electron chi connectivity index (χ2n) is 7.63. The number of carbonyl (C=O) groups is 1. The molecule has 1 atom stereocenters. The van der Waals surface area contributed by atoms with Gasteiger partial charge in [-0.25, -0.2) is 8.42 Å². The summed E-state index contributed by atoms with van der Waals surface area (Å²) in [6.07, 6.45) is 10.5. The molecular formula is C22H33N3O3S. The Morgan fingerprint density at radius 1 is 1.17 bits per heavy atom. The Labute approximate surface area is 175 Å². The maximum absolute atomic E-state index is 12.0. The Balaban J connectivity index is 1.84. The Morgan fingerprint density at radius 2 is 1.90 bits per heavy atom. The molecule has 1 amide bonds. The molecule has 29 heavy (non-hydrogen) atoms. The van der Waals surface area contributed by atoms with Crippen molar-refractivity contribution in [2.24, 2.45) is 4.99 Å². The van der Waals surface area contributed by atoms with E-state index in [1.165, 1.54) is 6.26 Å². The van der Waals surface area contributed by atoms with E-state index in [4.69, 9.17) is 0 Å². The van der Waals surface area contributed by atoms with Gasteiger partial charge in [-0.15, -0.1) is 0 Å². The number of rotatable bonds is 11. The second kappa shape index (κ2) is 11.3. The fourth-order valence-corrected chi connectivity index (χ4v) is 4.12. The highest BCUT2D eigenvalue weighted by molar-refractivity contribution is 7.90. The van der Waals surface area contributed by atoms with Crippen molar-refractivity contribution in [3.05, 3.63) is 42.1 Å². The molecule has 0 spiro atoms. The number of carbonyl (C=O) groups excluding carboxylic acids is 1. The third-order valence-corrected chi connectivity index (χ3v) is 6.24. The highest BCUT2D eigenvalue weighted by Crippen LogP contribution is 2.15. The normalized spacial score (nSPS) is 15.7. The highest BCUT2D eigenvalue weighted by atomic mass is 32.2. The van der Waals surface area contributed by atoms with Crippen molar-refractivity contribution < 1.29 is 13.2 Å². The lowest BCUT2D eigenvalue weighted by Crippen LogP contribution is -2.36. The molecule has 0 N–H and O–H groups in total. The van der Waals surface area contributed by atoms with Crippen molar-refractivity contribution in [2.45, 2.75) is 50.5 Å². The summed E-state index contributed by atoms with van der Waals surface area (Å²) in [4.78, 5) is 20.6. The van der Waals surface area contributed by atoms with E-state index < -0.39 is 9.84 Å². The average molecular weight is 420 g/mol. The fraction of sp³-hybridized carbons (Fsp3) is 0.545. The zero-order valence-corrected chi connectivity index (χ0v) is 18.6. The summed E-state index contributed by atoms with van der Waals surface area (Å²) in [5.41, 5.74) is 1.14. The third kappa shape index (κ3) is 7.74. The predicted molar refractivity (Wildman–Crippen MR) is 118 cm³/mol. The van der Waals surface area contributed by atoms with Crippen LogP contribution in [-0.2, 0) is 21.1 Å². The minimum atomic E-state index is -3.15. The molecular weight excluding hydrogens is 386 g/mol. The summed E-state index contributed by atoms with van der Waals surface area (Å²) >= 11 is 0. The van der Waals surface area contributed by atoms with Gasteiger partial charge >= 0.3 is 0 Å². The van der Waals surface area contributed by atoms with Crippen LogP contribution in [0.1, 0.15) is 38.7 Å². The Hall–Kier alpha value is -1.99. The number of nitrogens with zero attached hydrogens (tertiary/aromatic N) is 3. The van der Waals surface area contributed by atoms with Crippen molar-refractivity contribution >= 4 is 22.0 Å². The van der Waals surface area contributed by atoms with Gasteiger partial charge in [0.1, 0.15) is 6.54 Å². The summed E-state index contributed by atoms with van der Waals surface area (Å²) in [6, 6.07) is 7.58. The van der Waals surface area contributed by atoms with Crippen molar-refractivity contribution in [3.63, 3.8) is 0 Å². The molecule has 1 aliphatic heterocycles. The van der Waals surface area contributed by atoms with Crippen molar-refractivity contribution in [1.82, 2.24) is 9.80 Å². The van der Waals surface area contributed by atoms with Gasteiger partial charge in [0.2, 0.25) is 5.91 Å². The second-order valence-corrected chi connectivity index (χ2v) is 9.65. The van der Waals surface area contributed by atoms with Crippen molar-refractivity contribution in [1.29, 1.82) is 0 Å². The van der Waals surface area contributed by atoms with Gasteiger partial charge in [-0.3, -0.25) is 9.79 Å². The Morgan fingerprint density at radius 3 is 2.55 bits per heavy atom. The van der Waals surface area contributed by atoms with Gasteiger partial charge in [0.05, 0.1) is 4.90 Å². The third-order valence-electron chi connectivity index (χ3n) is 5.12. The van der Waals surface area contributed by atoms with E-state index in [9.17, 15) is 13.2 Å². The van der Waals surface area contributed by atoms with E-state index in [2.05, 4.69) is 23.7 Å². The minimum Gasteiger partial charge on any atom is -0.317 e. The molecule has 0 unspecified atom stereocenters. The first-order valence-corrected chi connectivity index (χ1v) is 12.2. The molecule has 1 aromatic rings. The Kier molecular flexibility index (Phi) is 9.04. The minimum absolute atomic E-state index is 0.0475. The van der Waals surface area contributed by atoms with E-state index in [0.29, 0.717) is 10.9 Å². The van der Waals surface area contributed by atoms with Crippen LogP contribution in [-0.4, -0.2) is 68.8 Å². The van der Waals surface area contributed by atoms with E-state index in [-0.39, 0.29) is 12.5 Å². The topological polar surface area (TPSA) is 70.0 Å². The standard InChI is InChI=1S/C22H33N3O3S/c1-4-13-24(14-5-6-15-25-16-7-12-23-18-22(25)26)19(2)17-20-8-10-21(11-9-20)29(3,27)28/h7-12,16,19H,4-6,13-15,17-18H2,1-3H3/t19-/m0/s1. The maximum atomic E-state index is 12.0. The number of unbranched alkanes of at least 4 members (excludes halogenated alkanes) is 1. The molecule has 2 rings (SSSR count). The molecule has 7 heteroatoms. The lowest BCUT2D eigenvalue weighted by atomic mass is 10.1. The number of aliphatic imine (C=N–C) groups is 1. The molecule has 1 heterocycles. The average Bonchev–Trinajstić information content (AvgIpc) is 2.88. The lowest BCUT2D eigenvalue weighted by Gasteiger charge is -2.29. The predicted octanol–water partition coefficient (Wildman–Crippen LogP) is 2.94. The maximum Gasteiger partial charge on any atom is 0.248 e. The number of sulfone groups is 1. The summed E-state index contributed by atoms with van der Waals surface area (Å²) in [5.74, 6) is 0.0475. The smallest absolute Gasteiger partial charge is 0.248 e. The van der Waals surface area contributed by atoms with E-state index in [0.717, 1.165) is 50.9 Å². The summed E-state index contributed by atoms with van der Waals surface area (Å²) in [7, 11) is -3.15. The first kappa shape index (κ1) is 23.3. The molecule has 0 aromatic heterocycles. The van der Waals surface area contributed by atoms with Crippen LogP contribution >= 0.6 is 0 Å². The van der Waals surface area contributed by atoms with E-state index >= 15 is 0 Å². The van der Waals surface area contributed by atoms with E-state index in [1.807, 2.05) is 24.4 Å². The zero-order chi connectivity index (χ0) is 21.3. The largest absolute Gasteiger partial charge is 0.317 e. The van der Waals surface area contributed by atoms with Gasteiger partial charge in [-0.2, -0.15) is 0 Å². The van der Waals surface area contributed by atoms with Gasteiger partial charge in [0.25, 0.3) is 0 Å². The molecule has 160 valence electrons. The van der Waals surface area contributed by atoms with Gasteiger partial charge in [-0.05, 0) is 69.5 Å². The van der Waals surface area contributed by atoms with Crippen LogP contribution in [0.4, 0.5) is 0 Å². The molecule has 0 bridgehead atoms.